The van der Waals surface area contributed by atoms with Crippen LogP contribution < -0.4 is 5.73 Å². The molecule has 0 fully saturated rings. The van der Waals surface area contributed by atoms with Gasteiger partial charge in [0.2, 0.25) is 0 Å². The summed E-state index contributed by atoms with van der Waals surface area (Å²) in [5.74, 6) is 0.454. The molecule has 0 bridgehead atoms. The molecule has 2 N–H and O–H groups in total. The van der Waals surface area contributed by atoms with E-state index in [1.54, 1.807) is 6.07 Å². The molecule has 3 nitrogen and oxygen atoms in total. The van der Waals surface area contributed by atoms with Gasteiger partial charge in [0.25, 0.3) is 0 Å². The van der Waals surface area contributed by atoms with E-state index in [0.717, 1.165) is 11.3 Å². The molecule has 0 saturated heterocycles. The van der Waals surface area contributed by atoms with Crippen LogP contribution in [0.25, 0.3) is 11.3 Å². The zero-order valence-electron chi connectivity index (χ0n) is 7.31. The Morgan fingerprint density at radius 1 is 1.14 bits per heavy atom. The minimum Gasteiger partial charge on any atom is -0.384 e. The highest BCUT2D eigenvalue weighted by atomic mass is 35.5. The molecule has 0 spiro atoms. The molecule has 0 aliphatic heterocycles. The van der Waals surface area contributed by atoms with Crippen molar-refractivity contribution >= 4 is 17.4 Å². The van der Waals surface area contributed by atoms with Gasteiger partial charge in [0.15, 0.2) is 0 Å². The topological polar surface area (TPSA) is 51.8 Å². The van der Waals surface area contributed by atoms with Gasteiger partial charge in [-0.15, -0.1) is 0 Å². The highest BCUT2D eigenvalue weighted by molar-refractivity contribution is 6.30. The number of hydrogen-bond acceptors (Lipinski definition) is 3. The highest BCUT2D eigenvalue weighted by Crippen LogP contribution is 2.20. The van der Waals surface area contributed by atoms with E-state index in [2.05, 4.69) is 9.97 Å². The third-order valence-electron chi connectivity index (χ3n) is 1.81. The first-order chi connectivity index (χ1) is 6.75. The predicted molar refractivity (Wildman–Crippen MR) is 56.9 cm³/mol. The summed E-state index contributed by atoms with van der Waals surface area (Å²) >= 11 is 5.86. The molecule has 1 aromatic carbocycles. The Morgan fingerprint density at radius 2 is 2.00 bits per heavy atom. The summed E-state index contributed by atoms with van der Waals surface area (Å²) in [5, 5.41) is 0.680. The van der Waals surface area contributed by atoms with Gasteiger partial charge in [-0.05, 0) is 12.1 Å². The minimum atomic E-state index is 0.454. The number of halogens is 1. The maximum atomic E-state index is 5.86. The number of hydrogen-bond donors (Lipinski definition) is 1. The first kappa shape index (κ1) is 8.97. The fourth-order valence-corrected chi connectivity index (χ4v) is 1.37. The summed E-state index contributed by atoms with van der Waals surface area (Å²) in [6, 6.07) is 9.16. The lowest BCUT2D eigenvalue weighted by Crippen LogP contribution is -1.92. The normalized spacial score (nSPS) is 10.1. The van der Waals surface area contributed by atoms with E-state index >= 15 is 0 Å². The van der Waals surface area contributed by atoms with Crippen molar-refractivity contribution in [3.8, 4) is 11.3 Å². The fourth-order valence-electron chi connectivity index (χ4n) is 1.18. The van der Waals surface area contributed by atoms with Gasteiger partial charge in [-0.3, -0.25) is 0 Å². The average molecular weight is 206 g/mol. The number of benzene rings is 1. The van der Waals surface area contributed by atoms with Crippen LogP contribution in [0.3, 0.4) is 0 Å². The molecular weight excluding hydrogens is 198 g/mol. The lowest BCUT2D eigenvalue weighted by atomic mass is 10.1. The van der Waals surface area contributed by atoms with Gasteiger partial charge in [-0.1, -0.05) is 23.7 Å². The van der Waals surface area contributed by atoms with E-state index in [9.17, 15) is 0 Å². The van der Waals surface area contributed by atoms with Crippen molar-refractivity contribution in [2.75, 3.05) is 5.73 Å². The molecule has 0 aliphatic rings. The molecule has 0 atom stereocenters. The summed E-state index contributed by atoms with van der Waals surface area (Å²) in [6.07, 6.45) is 1.44. The van der Waals surface area contributed by atoms with Gasteiger partial charge < -0.3 is 5.73 Å². The molecule has 0 saturated carbocycles. The Kier molecular flexibility index (Phi) is 2.33. The zero-order chi connectivity index (χ0) is 9.97. The Hall–Kier alpha value is -1.61. The molecule has 1 aromatic heterocycles. The lowest BCUT2D eigenvalue weighted by molar-refractivity contribution is 1.18. The highest BCUT2D eigenvalue weighted by Gasteiger charge is 2.00. The number of rotatable bonds is 1. The van der Waals surface area contributed by atoms with Gasteiger partial charge in [0.05, 0.1) is 5.69 Å². The predicted octanol–water partition coefficient (Wildman–Crippen LogP) is 2.38. The second-order valence-corrected chi connectivity index (χ2v) is 3.27. The number of anilines is 1. The smallest absolute Gasteiger partial charge is 0.127 e. The molecule has 0 aliphatic carbocycles. The quantitative estimate of drug-likeness (QED) is 0.778. The first-order valence-corrected chi connectivity index (χ1v) is 4.47. The fraction of sp³-hybridized carbons (Fsp3) is 0. The monoisotopic (exact) mass is 205 g/mol. The zero-order valence-corrected chi connectivity index (χ0v) is 8.07. The molecule has 1 heterocycles. The summed E-state index contributed by atoms with van der Waals surface area (Å²) < 4.78 is 0. The van der Waals surface area contributed by atoms with Crippen LogP contribution in [0.2, 0.25) is 5.02 Å². The van der Waals surface area contributed by atoms with Crippen LogP contribution in [0, 0.1) is 0 Å². The van der Waals surface area contributed by atoms with Crippen molar-refractivity contribution in [2.24, 2.45) is 0 Å². The molecule has 0 amide bonds. The Balaban J connectivity index is 2.49. The summed E-state index contributed by atoms with van der Waals surface area (Å²) in [7, 11) is 0. The van der Waals surface area contributed by atoms with Crippen LogP contribution in [0.1, 0.15) is 0 Å². The maximum Gasteiger partial charge on any atom is 0.127 e. The number of nitrogens with two attached hydrogens (primary N) is 1. The molecule has 4 heteroatoms. The van der Waals surface area contributed by atoms with Crippen molar-refractivity contribution in [3.63, 3.8) is 0 Å². The first-order valence-electron chi connectivity index (χ1n) is 4.09. The SMILES string of the molecule is Nc1cc(-c2cccc(Cl)c2)ncn1. The number of aromatic nitrogens is 2. The van der Waals surface area contributed by atoms with Gasteiger partial charge >= 0.3 is 0 Å². The van der Waals surface area contributed by atoms with E-state index in [1.165, 1.54) is 6.33 Å². The van der Waals surface area contributed by atoms with Crippen molar-refractivity contribution in [1.29, 1.82) is 0 Å². The Morgan fingerprint density at radius 3 is 2.71 bits per heavy atom. The van der Waals surface area contributed by atoms with Gasteiger partial charge in [0, 0.05) is 16.7 Å². The van der Waals surface area contributed by atoms with Crippen molar-refractivity contribution in [1.82, 2.24) is 9.97 Å². The maximum absolute atomic E-state index is 5.86. The molecule has 70 valence electrons. The van der Waals surface area contributed by atoms with E-state index in [-0.39, 0.29) is 0 Å². The van der Waals surface area contributed by atoms with Crippen LogP contribution in [0.15, 0.2) is 36.7 Å². The van der Waals surface area contributed by atoms with Crippen LogP contribution in [0.4, 0.5) is 5.82 Å². The summed E-state index contributed by atoms with van der Waals surface area (Å²) in [6.45, 7) is 0. The molecule has 2 aromatic rings. The van der Waals surface area contributed by atoms with Crippen LogP contribution in [-0.4, -0.2) is 9.97 Å². The lowest BCUT2D eigenvalue weighted by Gasteiger charge is -2.00. The summed E-state index contributed by atoms with van der Waals surface area (Å²) in [4.78, 5) is 7.92. The molecule has 14 heavy (non-hydrogen) atoms. The van der Waals surface area contributed by atoms with Crippen LogP contribution in [-0.2, 0) is 0 Å². The number of nitrogen functional groups attached to an aromatic ring is 1. The molecule has 0 radical (unpaired) electrons. The largest absolute Gasteiger partial charge is 0.384 e. The minimum absolute atomic E-state index is 0.454. The Labute approximate surface area is 86.6 Å². The van der Waals surface area contributed by atoms with Crippen molar-refractivity contribution < 1.29 is 0 Å². The molecular formula is C10H8ClN3. The molecule has 2 rings (SSSR count). The van der Waals surface area contributed by atoms with Gasteiger partial charge in [-0.2, -0.15) is 0 Å². The standard InChI is InChI=1S/C10H8ClN3/c11-8-3-1-2-7(4-8)9-5-10(12)14-6-13-9/h1-6H,(H2,12,13,14). The third kappa shape index (κ3) is 1.83. The number of nitrogens with zero attached hydrogens (tertiary/aromatic N) is 2. The summed E-state index contributed by atoms with van der Waals surface area (Å²) in [5.41, 5.74) is 7.26. The second kappa shape index (κ2) is 3.64. The van der Waals surface area contributed by atoms with Crippen molar-refractivity contribution in [3.05, 3.63) is 41.7 Å². The van der Waals surface area contributed by atoms with Crippen LogP contribution in [0.5, 0.6) is 0 Å². The van der Waals surface area contributed by atoms with Gasteiger partial charge in [-0.25, -0.2) is 9.97 Å². The molecule has 0 unspecified atom stereocenters. The van der Waals surface area contributed by atoms with Gasteiger partial charge in [0.1, 0.15) is 12.1 Å². The third-order valence-corrected chi connectivity index (χ3v) is 2.04. The van der Waals surface area contributed by atoms with E-state index < -0.39 is 0 Å². The van der Waals surface area contributed by atoms with E-state index in [1.807, 2.05) is 24.3 Å². The van der Waals surface area contributed by atoms with E-state index in [4.69, 9.17) is 17.3 Å². The van der Waals surface area contributed by atoms with E-state index in [0.29, 0.717) is 10.8 Å². The second-order valence-electron chi connectivity index (χ2n) is 2.84. The van der Waals surface area contributed by atoms with Crippen molar-refractivity contribution in [2.45, 2.75) is 0 Å². The van der Waals surface area contributed by atoms with Crippen LogP contribution >= 0.6 is 11.6 Å². The Bertz CT molecular complexity index is 413. The average Bonchev–Trinajstić information content (AvgIpc) is 2.18.